The average Bonchev–Trinajstić information content (AvgIpc) is 3.29. The minimum absolute atomic E-state index is 0.435. The maximum absolute atomic E-state index is 10.9. The van der Waals surface area contributed by atoms with Crippen LogP contribution in [-0.4, -0.2) is 20.5 Å². The Balaban J connectivity index is 1.33. The van der Waals surface area contributed by atoms with E-state index in [0.717, 1.165) is 42.6 Å². The summed E-state index contributed by atoms with van der Waals surface area (Å²) in [6.07, 6.45) is 14.5. The molecule has 5 rings (SSSR count). The third kappa shape index (κ3) is 3.14. The molecular formula is C26H40N2O. The predicted octanol–water partition coefficient (Wildman–Crippen LogP) is 5.71. The first kappa shape index (κ1) is 19.8. The lowest BCUT2D eigenvalue weighted by atomic mass is 9.48. The minimum Gasteiger partial charge on any atom is -0.390 e. The summed E-state index contributed by atoms with van der Waals surface area (Å²) in [5.74, 6) is 5.41. The normalized spacial score (nSPS) is 49.2. The van der Waals surface area contributed by atoms with E-state index < -0.39 is 5.60 Å². The second-order valence-electron chi connectivity index (χ2n) is 11.7. The van der Waals surface area contributed by atoms with E-state index in [4.69, 9.17) is 0 Å². The van der Waals surface area contributed by atoms with Crippen molar-refractivity contribution in [2.75, 3.05) is 0 Å². The molecule has 0 aliphatic heterocycles. The van der Waals surface area contributed by atoms with Gasteiger partial charge in [0, 0.05) is 12.4 Å². The molecule has 3 heteroatoms. The SMILES string of the molecule is C=C(Cn1cccn1)[C@H]1CC[C@H]2[C@@H]3CC[C@H]4C[C@](C)(O)[C@@H](C)C[C@@H]4[C@H]3CC[C@]12C. The van der Waals surface area contributed by atoms with Crippen LogP contribution in [0.5, 0.6) is 0 Å². The Labute approximate surface area is 177 Å². The van der Waals surface area contributed by atoms with Crippen molar-refractivity contribution in [3.8, 4) is 0 Å². The van der Waals surface area contributed by atoms with Gasteiger partial charge in [0.25, 0.3) is 0 Å². The molecule has 0 bridgehead atoms. The molecule has 0 radical (unpaired) electrons. The monoisotopic (exact) mass is 396 g/mol. The Bertz CT molecular complexity index is 753. The zero-order valence-corrected chi connectivity index (χ0v) is 18.7. The Hall–Kier alpha value is -1.09. The van der Waals surface area contributed by atoms with Crippen LogP contribution in [0, 0.1) is 46.8 Å². The summed E-state index contributed by atoms with van der Waals surface area (Å²) in [7, 11) is 0. The van der Waals surface area contributed by atoms with Crippen LogP contribution in [0.1, 0.15) is 72.1 Å². The fourth-order valence-electron chi connectivity index (χ4n) is 8.63. The van der Waals surface area contributed by atoms with Crippen molar-refractivity contribution in [2.45, 2.75) is 84.3 Å². The standard InChI is InChI=1S/C26H40N2O/c1-17(16-28-13-5-12-27-28)23-8-9-24-21-7-6-19-15-26(4,29)18(2)14-22(19)20(21)10-11-25(23,24)3/h5,12-13,18-24,29H,1,6-11,14-16H2,2-4H3/t18-,19-,20-,21+,22-,23+,24-,25+,26-/m0/s1. The van der Waals surface area contributed by atoms with Crippen LogP contribution in [0.2, 0.25) is 0 Å². The van der Waals surface area contributed by atoms with Crippen LogP contribution in [0.25, 0.3) is 0 Å². The summed E-state index contributed by atoms with van der Waals surface area (Å²) in [5, 5.41) is 15.3. The van der Waals surface area contributed by atoms with Crippen molar-refractivity contribution in [2.24, 2.45) is 46.8 Å². The highest BCUT2D eigenvalue weighted by molar-refractivity contribution is 5.16. The van der Waals surface area contributed by atoms with Crippen LogP contribution >= 0.6 is 0 Å². The molecule has 0 spiro atoms. The third-order valence-corrected chi connectivity index (χ3v) is 10.3. The molecule has 4 aliphatic carbocycles. The van der Waals surface area contributed by atoms with E-state index in [1.165, 1.54) is 50.5 Å². The maximum Gasteiger partial charge on any atom is 0.0648 e. The number of rotatable bonds is 3. The highest BCUT2D eigenvalue weighted by atomic mass is 16.3. The first-order valence-corrected chi connectivity index (χ1v) is 12.2. The number of aromatic nitrogens is 2. The summed E-state index contributed by atoms with van der Waals surface area (Å²) in [4.78, 5) is 0. The second-order valence-corrected chi connectivity index (χ2v) is 11.7. The van der Waals surface area contributed by atoms with Gasteiger partial charge in [0.05, 0.1) is 12.1 Å². The fraction of sp³-hybridized carbons (Fsp3) is 0.808. The summed E-state index contributed by atoms with van der Waals surface area (Å²) in [6.45, 7) is 12.4. The molecule has 1 aromatic heterocycles. The van der Waals surface area contributed by atoms with Crippen molar-refractivity contribution >= 4 is 0 Å². The van der Waals surface area contributed by atoms with E-state index in [1.54, 1.807) is 0 Å². The summed E-state index contributed by atoms with van der Waals surface area (Å²) >= 11 is 0. The van der Waals surface area contributed by atoms with Gasteiger partial charge >= 0.3 is 0 Å². The molecule has 160 valence electrons. The molecule has 4 aliphatic rings. The lowest BCUT2D eigenvalue weighted by molar-refractivity contribution is -0.121. The van der Waals surface area contributed by atoms with E-state index >= 15 is 0 Å². The third-order valence-electron chi connectivity index (χ3n) is 10.3. The number of fused-ring (bicyclic) bond motifs is 5. The van der Waals surface area contributed by atoms with Crippen LogP contribution in [0.4, 0.5) is 0 Å². The largest absolute Gasteiger partial charge is 0.390 e. The maximum atomic E-state index is 10.9. The molecule has 0 unspecified atom stereocenters. The van der Waals surface area contributed by atoms with E-state index in [-0.39, 0.29) is 0 Å². The van der Waals surface area contributed by atoms with Gasteiger partial charge in [-0.15, -0.1) is 0 Å². The van der Waals surface area contributed by atoms with Gasteiger partial charge in [-0.3, -0.25) is 4.68 Å². The van der Waals surface area contributed by atoms with Gasteiger partial charge in [-0.2, -0.15) is 5.10 Å². The fourth-order valence-corrected chi connectivity index (χ4v) is 8.63. The molecule has 0 amide bonds. The molecule has 4 saturated carbocycles. The first-order valence-electron chi connectivity index (χ1n) is 12.2. The number of allylic oxidation sites excluding steroid dienone is 1. The average molecular weight is 397 g/mol. The first-order chi connectivity index (χ1) is 13.8. The molecule has 29 heavy (non-hydrogen) atoms. The molecule has 1 heterocycles. The lowest BCUT2D eigenvalue weighted by Crippen LogP contribution is -2.52. The van der Waals surface area contributed by atoms with Crippen molar-refractivity contribution < 1.29 is 5.11 Å². The zero-order valence-electron chi connectivity index (χ0n) is 18.7. The van der Waals surface area contributed by atoms with Crippen molar-refractivity contribution in [3.63, 3.8) is 0 Å². The second kappa shape index (κ2) is 6.97. The number of hydrogen-bond donors (Lipinski definition) is 1. The highest BCUT2D eigenvalue weighted by Gasteiger charge is 2.58. The summed E-state index contributed by atoms with van der Waals surface area (Å²) in [6, 6.07) is 2.01. The lowest BCUT2D eigenvalue weighted by Gasteiger charge is -2.58. The van der Waals surface area contributed by atoms with Crippen LogP contribution < -0.4 is 0 Å². The van der Waals surface area contributed by atoms with Gasteiger partial charge in [0.15, 0.2) is 0 Å². The molecule has 9 atom stereocenters. The Morgan fingerprint density at radius 1 is 1.14 bits per heavy atom. The van der Waals surface area contributed by atoms with E-state index in [2.05, 4.69) is 38.6 Å². The molecular weight excluding hydrogens is 356 g/mol. The number of aliphatic hydroxyl groups is 1. The van der Waals surface area contributed by atoms with E-state index in [0.29, 0.717) is 17.3 Å². The van der Waals surface area contributed by atoms with Gasteiger partial charge in [0.2, 0.25) is 0 Å². The molecule has 4 fully saturated rings. The van der Waals surface area contributed by atoms with Crippen molar-refractivity contribution in [3.05, 3.63) is 30.6 Å². The van der Waals surface area contributed by atoms with Crippen molar-refractivity contribution in [1.29, 1.82) is 0 Å². The van der Waals surface area contributed by atoms with Gasteiger partial charge in [-0.05, 0) is 111 Å². The molecule has 0 saturated heterocycles. The quantitative estimate of drug-likeness (QED) is 0.665. The van der Waals surface area contributed by atoms with Crippen molar-refractivity contribution in [1.82, 2.24) is 9.78 Å². The molecule has 3 nitrogen and oxygen atoms in total. The van der Waals surface area contributed by atoms with Gasteiger partial charge in [-0.1, -0.05) is 26.0 Å². The number of hydrogen-bond acceptors (Lipinski definition) is 2. The summed E-state index contributed by atoms with van der Waals surface area (Å²) < 4.78 is 2.05. The molecule has 1 aromatic rings. The number of nitrogens with zero attached hydrogens (tertiary/aromatic N) is 2. The topological polar surface area (TPSA) is 38.0 Å². The minimum atomic E-state index is -0.445. The highest BCUT2D eigenvalue weighted by Crippen LogP contribution is 2.65. The van der Waals surface area contributed by atoms with Gasteiger partial charge in [-0.25, -0.2) is 0 Å². The van der Waals surface area contributed by atoms with E-state index in [1.807, 2.05) is 16.9 Å². The van der Waals surface area contributed by atoms with E-state index in [9.17, 15) is 5.11 Å². The van der Waals surface area contributed by atoms with Gasteiger partial charge < -0.3 is 5.11 Å². The van der Waals surface area contributed by atoms with Crippen LogP contribution in [-0.2, 0) is 6.54 Å². The van der Waals surface area contributed by atoms with Crippen LogP contribution in [0.15, 0.2) is 30.6 Å². The zero-order chi connectivity index (χ0) is 20.4. The smallest absolute Gasteiger partial charge is 0.0648 e. The predicted molar refractivity (Wildman–Crippen MR) is 117 cm³/mol. The summed E-state index contributed by atoms with van der Waals surface area (Å²) in [5.41, 5.74) is 1.39. The Kier molecular flexibility index (Phi) is 4.77. The van der Waals surface area contributed by atoms with Crippen LogP contribution in [0.3, 0.4) is 0 Å². The van der Waals surface area contributed by atoms with Gasteiger partial charge in [0.1, 0.15) is 0 Å². The Morgan fingerprint density at radius 2 is 1.97 bits per heavy atom. The molecule has 1 N–H and O–H groups in total. The Morgan fingerprint density at radius 3 is 2.72 bits per heavy atom. The molecule has 0 aromatic carbocycles.